The van der Waals surface area contributed by atoms with E-state index >= 15 is 0 Å². The molecule has 1 heterocycles. The van der Waals surface area contributed by atoms with Crippen molar-refractivity contribution in [3.8, 4) is 0 Å². The lowest BCUT2D eigenvalue weighted by atomic mass is 10.0. The van der Waals surface area contributed by atoms with Gasteiger partial charge in [-0.1, -0.05) is 54.1 Å². The SMILES string of the molecule is CNc1ccc(C)cc1.N=C/C=C/c1ccc(Cc2cccnc2)cc1. The Hall–Kier alpha value is -3.20. The largest absolute Gasteiger partial charge is 0.388 e. The summed E-state index contributed by atoms with van der Waals surface area (Å²) < 4.78 is 0. The first-order valence-electron chi connectivity index (χ1n) is 8.60. The summed E-state index contributed by atoms with van der Waals surface area (Å²) in [5, 5.41) is 9.98. The van der Waals surface area contributed by atoms with E-state index < -0.39 is 0 Å². The van der Waals surface area contributed by atoms with Gasteiger partial charge >= 0.3 is 0 Å². The van der Waals surface area contributed by atoms with Gasteiger partial charge in [-0.2, -0.15) is 0 Å². The molecule has 26 heavy (non-hydrogen) atoms. The zero-order valence-electron chi connectivity index (χ0n) is 15.3. The quantitative estimate of drug-likeness (QED) is 0.612. The van der Waals surface area contributed by atoms with Crippen LogP contribution in [0.2, 0.25) is 0 Å². The topological polar surface area (TPSA) is 48.8 Å². The van der Waals surface area contributed by atoms with Crippen LogP contribution in [-0.2, 0) is 6.42 Å². The monoisotopic (exact) mass is 343 g/mol. The van der Waals surface area contributed by atoms with Crippen LogP contribution in [0.5, 0.6) is 0 Å². The number of allylic oxidation sites excluding steroid dienone is 1. The molecule has 1 aromatic heterocycles. The van der Waals surface area contributed by atoms with Crippen LogP contribution >= 0.6 is 0 Å². The summed E-state index contributed by atoms with van der Waals surface area (Å²) in [6.45, 7) is 2.08. The average Bonchev–Trinajstić information content (AvgIpc) is 2.69. The minimum absolute atomic E-state index is 0.905. The third-order valence-corrected chi connectivity index (χ3v) is 3.84. The molecule has 0 aliphatic carbocycles. The van der Waals surface area contributed by atoms with Gasteiger partial charge in [0, 0.05) is 31.3 Å². The molecule has 132 valence electrons. The second-order valence-corrected chi connectivity index (χ2v) is 5.92. The third-order valence-electron chi connectivity index (χ3n) is 3.84. The van der Waals surface area contributed by atoms with Crippen LogP contribution in [0.1, 0.15) is 22.3 Å². The number of nitrogens with one attached hydrogen (secondary N) is 2. The van der Waals surface area contributed by atoms with Gasteiger partial charge in [-0.15, -0.1) is 0 Å². The summed E-state index contributed by atoms with van der Waals surface area (Å²) >= 11 is 0. The Bertz CT molecular complexity index is 804. The lowest BCUT2D eigenvalue weighted by molar-refractivity contribution is 1.14. The fourth-order valence-corrected chi connectivity index (χ4v) is 2.36. The second-order valence-electron chi connectivity index (χ2n) is 5.92. The van der Waals surface area contributed by atoms with Crippen molar-refractivity contribution in [1.82, 2.24) is 4.98 Å². The molecule has 0 bridgehead atoms. The van der Waals surface area contributed by atoms with E-state index in [1.807, 2.05) is 25.4 Å². The van der Waals surface area contributed by atoms with Crippen LogP contribution in [0, 0.1) is 12.3 Å². The van der Waals surface area contributed by atoms with Crippen molar-refractivity contribution in [2.75, 3.05) is 12.4 Å². The molecule has 0 aliphatic rings. The maximum Gasteiger partial charge on any atom is 0.0337 e. The fraction of sp³-hybridized carbons (Fsp3) is 0.130. The first-order valence-corrected chi connectivity index (χ1v) is 8.60. The van der Waals surface area contributed by atoms with E-state index in [9.17, 15) is 0 Å². The highest BCUT2D eigenvalue weighted by Gasteiger charge is 1.95. The van der Waals surface area contributed by atoms with E-state index in [1.165, 1.54) is 28.6 Å². The molecule has 3 heteroatoms. The normalized spacial score (nSPS) is 10.1. The zero-order chi connectivity index (χ0) is 18.6. The van der Waals surface area contributed by atoms with Gasteiger partial charge in [0.1, 0.15) is 0 Å². The molecule has 3 rings (SSSR count). The molecule has 2 aromatic carbocycles. The van der Waals surface area contributed by atoms with Crippen LogP contribution < -0.4 is 5.32 Å². The van der Waals surface area contributed by atoms with Crippen molar-refractivity contribution in [3.05, 3.63) is 101 Å². The zero-order valence-corrected chi connectivity index (χ0v) is 15.3. The molecule has 0 radical (unpaired) electrons. The number of hydrogen-bond donors (Lipinski definition) is 2. The lowest BCUT2D eigenvalue weighted by Gasteiger charge is -2.01. The number of hydrogen-bond acceptors (Lipinski definition) is 3. The van der Waals surface area contributed by atoms with Crippen molar-refractivity contribution >= 4 is 18.0 Å². The smallest absolute Gasteiger partial charge is 0.0337 e. The highest BCUT2D eigenvalue weighted by atomic mass is 14.8. The predicted molar refractivity (Wildman–Crippen MR) is 112 cm³/mol. The summed E-state index contributed by atoms with van der Waals surface area (Å²) in [6, 6.07) is 20.7. The van der Waals surface area contributed by atoms with Crippen LogP contribution in [0.15, 0.2) is 79.1 Å². The molecular weight excluding hydrogens is 318 g/mol. The Balaban J connectivity index is 0.000000228. The highest BCUT2D eigenvalue weighted by molar-refractivity contribution is 5.75. The Kier molecular flexibility index (Phi) is 7.81. The molecule has 0 saturated heterocycles. The molecule has 0 fully saturated rings. The predicted octanol–water partition coefficient (Wildman–Crippen LogP) is 5.37. The summed E-state index contributed by atoms with van der Waals surface area (Å²) in [5.41, 5.74) is 6.07. The van der Waals surface area contributed by atoms with E-state index in [0.717, 1.165) is 12.0 Å². The summed E-state index contributed by atoms with van der Waals surface area (Å²) in [4.78, 5) is 4.10. The van der Waals surface area contributed by atoms with Gasteiger partial charge in [0.25, 0.3) is 0 Å². The molecule has 0 spiro atoms. The Morgan fingerprint density at radius 1 is 0.962 bits per heavy atom. The van der Waals surface area contributed by atoms with E-state index in [0.29, 0.717) is 0 Å². The number of pyridine rings is 1. The first-order chi connectivity index (χ1) is 12.7. The molecular formula is C23H25N3. The summed E-state index contributed by atoms with van der Waals surface area (Å²) in [7, 11) is 1.92. The fourth-order valence-electron chi connectivity index (χ4n) is 2.36. The summed E-state index contributed by atoms with van der Waals surface area (Å²) in [5.74, 6) is 0. The molecule has 3 aromatic rings. The van der Waals surface area contributed by atoms with E-state index in [1.54, 1.807) is 12.3 Å². The molecule has 0 atom stereocenters. The van der Waals surface area contributed by atoms with Crippen LogP contribution in [0.4, 0.5) is 5.69 Å². The van der Waals surface area contributed by atoms with Gasteiger partial charge in [0.15, 0.2) is 0 Å². The molecule has 2 N–H and O–H groups in total. The maximum absolute atomic E-state index is 6.92. The second kappa shape index (κ2) is 10.6. The van der Waals surface area contributed by atoms with Gasteiger partial charge in [0.05, 0.1) is 0 Å². The molecule has 0 aliphatic heterocycles. The van der Waals surface area contributed by atoms with Crippen molar-refractivity contribution in [3.63, 3.8) is 0 Å². The van der Waals surface area contributed by atoms with Gasteiger partial charge in [-0.3, -0.25) is 4.98 Å². The maximum atomic E-state index is 6.92. The number of benzene rings is 2. The number of aryl methyl sites for hydroxylation is 1. The van der Waals surface area contributed by atoms with Crippen LogP contribution in [0.3, 0.4) is 0 Å². The Morgan fingerprint density at radius 2 is 1.69 bits per heavy atom. The van der Waals surface area contributed by atoms with Gasteiger partial charge in [-0.05, 0) is 54.3 Å². The van der Waals surface area contributed by atoms with E-state index in [-0.39, 0.29) is 0 Å². The van der Waals surface area contributed by atoms with E-state index in [4.69, 9.17) is 5.41 Å². The van der Waals surface area contributed by atoms with Crippen molar-refractivity contribution in [2.24, 2.45) is 0 Å². The minimum Gasteiger partial charge on any atom is -0.388 e. The van der Waals surface area contributed by atoms with Gasteiger partial charge < -0.3 is 10.7 Å². The number of rotatable bonds is 5. The molecule has 0 unspecified atom stereocenters. The number of nitrogens with zero attached hydrogens (tertiary/aromatic N) is 1. The van der Waals surface area contributed by atoms with Gasteiger partial charge in [0.2, 0.25) is 0 Å². The van der Waals surface area contributed by atoms with Crippen LogP contribution in [-0.4, -0.2) is 18.2 Å². The lowest BCUT2D eigenvalue weighted by Crippen LogP contribution is -1.88. The third kappa shape index (κ3) is 6.73. The minimum atomic E-state index is 0.905. The summed E-state index contributed by atoms with van der Waals surface area (Å²) in [6.07, 6.45) is 9.50. The standard InChI is InChI=1S/C15H14N2.C8H11N/c16-9-1-3-13-5-7-14(8-6-13)11-15-4-2-10-17-12-15;1-7-3-5-8(9-2)6-4-7/h1-10,12,16H,11H2;3-6,9H,1-2H3/b3-1+,16-9?;. The van der Waals surface area contributed by atoms with Crippen LogP contribution in [0.25, 0.3) is 6.08 Å². The molecule has 0 amide bonds. The van der Waals surface area contributed by atoms with Crippen molar-refractivity contribution < 1.29 is 0 Å². The number of aromatic nitrogens is 1. The average molecular weight is 343 g/mol. The van der Waals surface area contributed by atoms with Gasteiger partial charge in [-0.25, -0.2) is 0 Å². The van der Waals surface area contributed by atoms with E-state index in [2.05, 4.69) is 71.8 Å². The highest BCUT2D eigenvalue weighted by Crippen LogP contribution is 2.10. The first kappa shape index (κ1) is 19.1. The Labute approximate surface area is 156 Å². The molecule has 3 nitrogen and oxygen atoms in total. The molecule has 0 saturated carbocycles. The number of anilines is 1. The Morgan fingerprint density at radius 3 is 2.27 bits per heavy atom. The van der Waals surface area contributed by atoms with Crippen molar-refractivity contribution in [2.45, 2.75) is 13.3 Å². The van der Waals surface area contributed by atoms with Crippen molar-refractivity contribution in [1.29, 1.82) is 5.41 Å².